The van der Waals surface area contributed by atoms with Crippen molar-refractivity contribution >= 4 is 45.2 Å². The summed E-state index contributed by atoms with van der Waals surface area (Å²) in [5, 5.41) is 11.8. The minimum atomic E-state index is -5.85. The van der Waals surface area contributed by atoms with Crippen LogP contribution in [-0.2, 0) is 28.5 Å². The van der Waals surface area contributed by atoms with E-state index in [-0.39, 0.29) is 60.5 Å². The van der Waals surface area contributed by atoms with E-state index in [1.165, 1.54) is 58.6 Å². The normalized spacial score (nSPS) is 17.4. The molecule has 6 aliphatic heterocycles. The lowest BCUT2D eigenvalue weighted by molar-refractivity contribution is -0.0512. The molecule has 6 heterocycles. The van der Waals surface area contributed by atoms with E-state index in [1.54, 1.807) is 43.9 Å². The van der Waals surface area contributed by atoms with Crippen molar-refractivity contribution in [1.82, 2.24) is 15.1 Å². The average Bonchev–Trinajstić information content (AvgIpc) is 1.19. The highest BCUT2D eigenvalue weighted by molar-refractivity contribution is 7.87. The van der Waals surface area contributed by atoms with Gasteiger partial charge in [-0.2, -0.15) is 26.9 Å². The van der Waals surface area contributed by atoms with Crippen LogP contribution in [-0.4, -0.2) is 116 Å². The Labute approximate surface area is 521 Å². The lowest BCUT2D eigenvalue weighted by Gasteiger charge is -2.42. The van der Waals surface area contributed by atoms with Crippen molar-refractivity contribution in [3.63, 3.8) is 0 Å². The van der Waals surface area contributed by atoms with Crippen LogP contribution in [0.15, 0.2) is 140 Å². The fourth-order valence-corrected chi connectivity index (χ4v) is 11.0. The van der Waals surface area contributed by atoms with Crippen LogP contribution in [0.2, 0.25) is 0 Å². The standard InChI is InChI=1S/C19H22F3NO6S.C19H25NO3.C14H17NO.C9H10O2.C8H7N/c1-17(2,3)28-16(24)23-10-8-18(9-11-23)12-15(29-30(25,26)19(20,21)22)13-6-4-5-7-14(13)27-18;1-14-13-19(22-16-8-6-5-7-15(14)16)9-11-20(12-10-19)17(21)23-18(2,3)4;1-11-10-14(6-8-15-9-7-14)16-13-5-3-2-4-12(11)13;1-7-3-5-8(6-4-7)9(10)11-2;1-7-2-4-8(6-9)5-3-7/h4-7,12H,8-11H2,1-3H3;5-8,13H,9-12H2,1-4H3;2-5,10,15H,6-9H2,1H3;3-6H,1-2H3;2-5H,1H3. The average molecular weight is 1250 g/mol. The fraction of sp³-hybridized carbons (Fsp3) is 0.420. The zero-order chi connectivity index (χ0) is 65.0. The largest absolute Gasteiger partial charge is 0.534 e. The summed E-state index contributed by atoms with van der Waals surface area (Å²) in [7, 11) is -4.47. The highest BCUT2D eigenvalue weighted by Gasteiger charge is 2.51. The quantitative estimate of drug-likeness (QED) is 0.0776. The summed E-state index contributed by atoms with van der Waals surface area (Å²) in [6, 6.07) is 39.4. The number of allylic oxidation sites excluding steroid dienone is 2. The molecule has 3 fully saturated rings. The number of amides is 2. The second-order valence-electron chi connectivity index (χ2n) is 24.7. The molecule has 0 unspecified atom stereocenters. The summed E-state index contributed by atoms with van der Waals surface area (Å²) < 4.78 is 100. The van der Waals surface area contributed by atoms with Crippen LogP contribution in [0.5, 0.6) is 17.2 Å². The number of aryl methyl sites for hydroxylation is 2. The van der Waals surface area contributed by atoms with Crippen LogP contribution in [0.25, 0.3) is 16.9 Å². The number of carbonyl (C=O) groups is 3. The highest BCUT2D eigenvalue weighted by atomic mass is 32.2. The van der Waals surface area contributed by atoms with E-state index in [1.807, 2.05) is 95.3 Å². The maximum absolute atomic E-state index is 12.8. The molecule has 11 rings (SSSR count). The number of piperidine rings is 3. The molecule has 89 heavy (non-hydrogen) atoms. The number of nitrogens with one attached hydrogen (secondary N) is 1. The second kappa shape index (κ2) is 28.5. The van der Waals surface area contributed by atoms with Gasteiger partial charge >= 0.3 is 33.8 Å². The Morgan fingerprint density at radius 3 is 1.31 bits per heavy atom. The van der Waals surface area contributed by atoms with Crippen LogP contribution >= 0.6 is 0 Å². The fourth-order valence-electron chi connectivity index (χ4n) is 10.6. The Morgan fingerprint density at radius 1 is 0.551 bits per heavy atom. The van der Waals surface area contributed by atoms with Crippen molar-refractivity contribution in [3.05, 3.63) is 178 Å². The Balaban J connectivity index is 0.000000169. The number of methoxy groups -OCH3 is 1. The monoisotopic (exact) mass is 1250 g/mol. The zero-order valence-corrected chi connectivity index (χ0v) is 53.4. The van der Waals surface area contributed by atoms with Gasteiger partial charge in [0, 0.05) is 81.9 Å². The summed E-state index contributed by atoms with van der Waals surface area (Å²) in [6.45, 7) is 23.0. The molecule has 2 amide bonds. The van der Waals surface area contributed by atoms with Crippen molar-refractivity contribution in [2.75, 3.05) is 46.4 Å². The SMILES string of the molecule is CC(C)(C)OC(=O)N1CCC2(C=C(OS(=O)(=O)C(F)(F)F)c3ccccc3O2)CC1.CC1=CC2(CCN(C(=O)OC(C)(C)C)CC2)Oc2ccccc21.CC1=CC2(CCNCC2)Oc2ccccc21.COC(=O)c1ccc(C)cc1.Cc1ccc(C#N)cc1. The van der Waals surface area contributed by atoms with Crippen molar-refractivity contribution < 1.29 is 68.6 Å². The van der Waals surface area contributed by atoms with Crippen molar-refractivity contribution in [1.29, 1.82) is 5.26 Å². The van der Waals surface area contributed by atoms with E-state index >= 15 is 0 Å². The number of para-hydroxylation sites is 3. The molecular weight excluding hydrogens is 1170 g/mol. The van der Waals surface area contributed by atoms with Crippen LogP contribution in [0, 0.1) is 25.2 Å². The van der Waals surface area contributed by atoms with E-state index in [9.17, 15) is 36.0 Å². The smallest absolute Gasteiger partial charge is 0.482 e. The number of hydrogen-bond donors (Lipinski definition) is 1. The van der Waals surface area contributed by atoms with Crippen molar-refractivity contribution in [3.8, 4) is 23.3 Å². The first-order valence-corrected chi connectivity index (χ1v) is 31.0. The van der Waals surface area contributed by atoms with Gasteiger partial charge in [0.05, 0.1) is 29.9 Å². The Kier molecular flexibility index (Phi) is 21.8. The van der Waals surface area contributed by atoms with E-state index in [2.05, 4.69) is 70.6 Å². The molecule has 476 valence electrons. The van der Waals surface area contributed by atoms with Gasteiger partial charge in [-0.25, -0.2) is 14.4 Å². The first-order valence-electron chi connectivity index (χ1n) is 29.6. The van der Waals surface area contributed by atoms with E-state index in [4.69, 9.17) is 28.9 Å². The maximum Gasteiger partial charge on any atom is 0.534 e. The molecule has 0 aromatic heterocycles. The number of rotatable bonds is 3. The van der Waals surface area contributed by atoms with Crippen molar-refractivity contribution in [2.24, 2.45) is 0 Å². The number of carbonyl (C=O) groups excluding carboxylic acids is 3. The molecule has 0 radical (unpaired) electrons. The maximum atomic E-state index is 12.8. The molecule has 0 saturated carbocycles. The molecule has 16 nitrogen and oxygen atoms in total. The Bertz CT molecular complexity index is 3540. The molecular formula is C69H81F3N4O12S. The molecule has 3 saturated heterocycles. The minimum absolute atomic E-state index is 0.0519. The van der Waals surface area contributed by atoms with Gasteiger partial charge in [-0.1, -0.05) is 83.9 Å². The third-order valence-electron chi connectivity index (χ3n) is 15.2. The van der Waals surface area contributed by atoms with Gasteiger partial charge in [0.1, 0.15) is 45.3 Å². The number of esters is 1. The number of fused-ring (bicyclic) bond motifs is 3. The van der Waals surface area contributed by atoms with Gasteiger partial charge in [-0.05, 0) is 154 Å². The number of nitriles is 1. The number of likely N-dealkylation sites (tertiary alicyclic amines) is 2. The highest BCUT2D eigenvalue weighted by Crippen LogP contribution is 2.45. The summed E-state index contributed by atoms with van der Waals surface area (Å²) in [4.78, 5) is 38.6. The van der Waals surface area contributed by atoms with Gasteiger partial charge in [-0.15, -0.1) is 0 Å². The van der Waals surface area contributed by atoms with Gasteiger partial charge < -0.3 is 47.7 Å². The van der Waals surface area contributed by atoms with Crippen LogP contribution in [0.1, 0.15) is 138 Å². The summed E-state index contributed by atoms with van der Waals surface area (Å²) >= 11 is 0. The van der Waals surface area contributed by atoms with E-state index in [0.29, 0.717) is 18.7 Å². The van der Waals surface area contributed by atoms with E-state index < -0.39 is 44.3 Å². The number of hydrogen-bond acceptors (Lipinski definition) is 14. The third-order valence-corrected chi connectivity index (χ3v) is 16.1. The molecule has 0 atom stereocenters. The predicted octanol–water partition coefficient (Wildman–Crippen LogP) is 14.6. The molecule has 5 aromatic carbocycles. The van der Waals surface area contributed by atoms with Gasteiger partial charge in [-0.3, -0.25) is 0 Å². The lowest BCUT2D eigenvalue weighted by atomic mass is 9.85. The molecule has 5 aromatic rings. The molecule has 0 aliphatic carbocycles. The zero-order valence-electron chi connectivity index (χ0n) is 52.5. The van der Waals surface area contributed by atoms with Gasteiger partial charge in [0.15, 0.2) is 5.76 Å². The molecule has 6 aliphatic rings. The summed E-state index contributed by atoms with van der Waals surface area (Å²) in [5.41, 5.74) is 0.609. The second-order valence-corrected chi connectivity index (χ2v) is 26.2. The first-order chi connectivity index (χ1) is 41.8. The van der Waals surface area contributed by atoms with Gasteiger partial charge in [0.25, 0.3) is 0 Å². The van der Waals surface area contributed by atoms with Crippen LogP contribution < -0.4 is 19.5 Å². The third kappa shape index (κ3) is 18.6. The predicted molar refractivity (Wildman–Crippen MR) is 335 cm³/mol. The lowest BCUT2D eigenvalue weighted by Crippen LogP contribution is -2.50. The Hall–Kier alpha value is -8.28. The topological polar surface area (TPSA) is 192 Å². The Morgan fingerprint density at radius 2 is 0.921 bits per heavy atom. The van der Waals surface area contributed by atoms with Crippen LogP contribution in [0.3, 0.4) is 0 Å². The molecule has 3 spiro atoms. The first kappa shape index (κ1) is 68.2. The number of alkyl halides is 3. The summed E-state index contributed by atoms with van der Waals surface area (Å²) in [5.74, 6) is 1.46. The molecule has 1 N–H and O–H groups in total. The molecule has 20 heteroatoms. The molecule has 0 bridgehead atoms. The number of halogens is 3. The van der Waals surface area contributed by atoms with Crippen LogP contribution in [0.4, 0.5) is 22.8 Å². The summed E-state index contributed by atoms with van der Waals surface area (Å²) in [6.07, 6.45) is 9.22. The van der Waals surface area contributed by atoms with Crippen molar-refractivity contribution in [2.45, 2.75) is 141 Å². The van der Waals surface area contributed by atoms with Gasteiger partial charge in [0.2, 0.25) is 0 Å². The number of ether oxygens (including phenoxy) is 6. The number of benzene rings is 5. The minimum Gasteiger partial charge on any atom is -0.482 e. The van der Waals surface area contributed by atoms with E-state index in [0.717, 1.165) is 67.0 Å². The number of nitrogens with zero attached hydrogens (tertiary/aromatic N) is 3.